The molecule has 2 aliphatic heterocycles. The van der Waals surface area contributed by atoms with Gasteiger partial charge in [-0.2, -0.15) is 0 Å². The first-order valence-corrected chi connectivity index (χ1v) is 8.13. The van der Waals surface area contributed by atoms with Gasteiger partial charge in [0.1, 0.15) is 0 Å². The van der Waals surface area contributed by atoms with Crippen molar-refractivity contribution >= 4 is 0 Å². The summed E-state index contributed by atoms with van der Waals surface area (Å²) in [5, 5.41) is 0. The molecule has 0 aromatic carbocycles. The maximum absolute atomic E-state index is 5.46. The molecular weight excluding hydrogens is 222 g/mol. The first kappa shape index (κ1) is 14.3. The normalized spacial score (nSPS) is 23.5. The second kappa shape index (κ2) is 7.49. The summed E-state index contributed by atoms with van der Waals surface area (Å²) >= 11 is 0. The Morgan fingerprint density at radius 3 is 2.17 bits per heavy atom. The van der Waals surface area contributed by atoms with Crippen molar-refractivity contribution in [2.24, 2.45) is 17.8 Å². The highest BCUT2D eigenvalue weighted by molar-refractivity contribution is 4.87. The lowest BCUT2D eigenvalue weighted by molar-refractivity contribution is -0.0135. The molecule has 2 aliphatic rings. The van der Waals surface area contributed by atoms with E-state index in [4.69, 9.17) is 4.74 Å². The van der Waals surface area contributed by atoms with Crippen molar-refractivity contribution in [3.05, 3.63) is 0 Å². The Kier molecular flexibility index (Phi) is 5.97. The first-order chi connectivity index (χ1) is 8.83. The minimum absolute atomic E-state index is 0.954. The van der Waals surface area contributed by atoms with E-state index in [1.807, 2.05) is 0 Å². The maximum Gasteiger partial charge on any atom is 0.0468 e. The van der Waals surface area contributed by atoms with Gasteiger partial charge in [-0.15, -0.1) is 0 Å². The van der Waals surface area contributed by atoms with Gasteiger partial charge in [0.2, 0.25) is 0 Å². The lowest BCUT2D eigenvalue weighted by atomic mass is 9.80. The molecule has 106 valence electrons. The Morgan fingerprint density at radius 2 is 1.61 bits per heavy atom. The minimum atomic E-state index is 0.954. The van der Waals surface area contributed by atoms with E-state index in [0.717, 1.165) is 31.0 Å². The molecule has 0 aromatic rings. The molecule has 0 aliphatic carbocycles. The fourth-order valence-corrected chi connectivity index (χ4v) is 3.75. The summed E-state index contributed by atoms with van der Waals surface area (Å²) in [4.78, 5) is 2.70. The van der Waals surface area contributed by atoms with Crippen LogP contribution in [0.25, 0.3) is 0 Å². The molecule has 2 rings (SSSR count). The fourth-order valence-electron chi connectivity index (χ4n) is 3.75. The van der Waals surface area contributed by atoms with E-state index < -0.39 is 0 Å². The van der Waals surface area contributed by atoms with E-state index in [-0.39, 0.29) is 0 Å². The highest BCUT2D eigenvalue weighted by Crippen LogP contribution is 2.32. The predicted octanol–water partition coefficient (Wildman–Crippen LogP) is 3.56. The molecule has 2 nitrogen and oxygen atoms in total. The lowest BCUT2D eigenvalue weighted by Crippen LogP contribution is -2.52. The Bertz CT molecular complexity index is 213. The zero-order chi connectivity index (χ0) is 12.8. The summed E-state index contributed by atoms with van der Waals surface area (Å²) in [6.07, 6.45) is 8.17. The van der Waals surface area contributed by atoms with Crippen LogP contribution in [0, 0.1) is 17.8 Å². The van der Waals surface area contributed by atoms with Gasteiger partial charge in [0.15, 0.2) is 0 Å². The Morgan fingerprint density at radius 1 is 1.00 bits per heavy atom. The van der Waals surface area contributed by atoms with E-state index in [1.54, 1.807) is 0 Å². The van der Waals surface area contributed by atoms with Gasteiger partial charge in [0, 0.05) is 32.8 Å². The average molecular weight is 253 g/mol. The summed E-state index contributed by atoms with van der Waals surface area (Å²) in [5.41, 5.74) is 0. The van der Waals surface area contributed by atoms with Crippen LogP contribution in [0.15, 0.2) is 0 Å². The van der Waals surface area contributed by atoms with Crippen molar-refractivity contribution in [2.45, 2.75) is 52.4 Å². The topological polar surface area (TPSA) is 12.5 Å². The summed E-state index contributed by atoms with van der Waals surface area (Å²) < 4.78 is 5.46. The summed E-state index contributed by atoms with van der Waals surface area (Å²) in [5.74, 6) is 2.90. The number of nitrogens with zero attached hydrogens (tertiary/aromatic N) is 1. The van der Waals surface area contributed by atoms with Crippen LogP contribution < -0.4 is 0 Å². The van der Waals surface area contributed by atoms with Crippen molar-refractivity contribution in [3.8, 4) is 0 Å². The molecule has 0 radical (unpaired) electrons. The van der Waals surface area contributed by atoms with Crippen molar-refractivity contribution in [3.63, 3.8) is 0 Å². The average Bonchev–Trinajstić information content (AvgIpc) is 2.34. The summed E-state index contributed by atoms with van der Waals surface area (Å²) in [6.45, 7) is 10.8. The molecule has 0 bridgehead atoms. The van der Waals surface area contributed by atoms with Gasteiger partial charge in [-0.3, -0.25) is 0 Å². The maximum atomic E-state index is 5.46. The van der Waals surface area contributed by atoms with Gasteiger partial charge >= 0.3 is 0 Å². The molecular formula is C16H31NO. The van der Waals surface area contributed by atoms with Crippen molar-refractivity contribution in [2.75, 3.05) is 32.8 Å². The Labute approximate surface area is 113 Å². The number of likely N-dealkylation sites (tertiary alicyclic amines) is 1. The first-order valence-electron chi connectivity index (χ1n) is 8.13. The molecule has 0 atom stereocenters. The second-order valence-corrected chi connectivity index (χ2v) is 6.37. The van der Waals surface area contributed by atoms with E-state index in [1.165, 1.54) is 58.2 Å². The van der Waals surface area contributed by atoms with Crippen LogP contribution >= 0.6 is 0 Å². The SMILES string of the molecule is CCCC(CCC)CN1CC(C2CCOCC2)C1. The molecule has 0 saturated carbocycles. The van der Waals surface area contributed by atoms with Gasteiger partial charge in [0.05, 0.1) is 0 Å². The Balaban J connectivity index is 1.64. The van der Waals surface area contributed by atoms with Gasteiger partial charge in [-0.1, -0.05) is 26.7 Å². The fraction of sp³-hybridized carbons (Fsp3) is 1.00. The number of ether oxygens (including phenoxy) is 1. The second-order valence-electron chi connectivity index (χ2n) is 6.37. The monoisotopic (exact) mass is 253 g/mol. The van der Waals surface area contributed by atoms with Crippen molar-refractivity contribution in [1.82, 2.24) is 4.90 Å². The molecule has 0 N–H and O–H groups in total. The summed E-state index contributed by atoms with van der Waals surface area (Å²) in [7, 11) is 0. The van der Waals surface area contributed by atoms with E-state index >= 15 is 0 Å². The lowest BCUT2D eigenvalue weighted by Gasteiger charge is -2.46. The largest absolute Gasteiger partial charge is 0.381 e. The van der Waals surface area contributed by atoms with Crippen LogP contribution in [0.5, 0.6) is 0 Å². The highest BCUT2D eigenvalue weighted by atomic mass is 16.5. The molecule has 0 spiro atoms. The van der Waals surface area contributed by atoms with Crippen molar-refractivity contribution < 1.29 is 4.74 Å². The van der Waals surface area contributed by atoms with Gasteiger partial charge < -0.3 is 9.64 Å². The van der Waals surface area contributed by atoms with Gasteiger partial charge in [-0.05, 0) is 43.4 Å². The molecule has 2 heterocycles. The van der Waals surface area contributed by atoms with Crippen LogP contribution in [0.2, 0.25) is 0 Å². The number of hydrogen-bond donors (Lipinski definition) is 0. The highest BCUT2D eigenvalue weighted by Gasteiger charge is 2.34. The Hall–Kier alpha value is -0.0800. The third-order valence-corrected chi connectivity index (χ3v) is 4.83. The molecule has 2 heteroatoms. The minimum Gasteiger partial charge on any atom is -0.381 e. The molecule has 0 aromatic heterocycles. The van der Waals surface area contributed by atoms with Gasteiger partial charge in [-0.25, -0.2) is 0 Å². The van der Waals surface area contributed by atoms with E-state index in [2.05, 4.69) is 18.7 Å². The number of hydrogen-bond acceptors (Lipinski definition) is 2. The third kappa shape index (κ3) is 3.96. The quantitative estimate of drug-likeness (QED) is 0.688. The van der Waals surface area contributed by atoms with Crippen molar-refractivity contribution in [1.29, 1.82) is 0 Å². The van der Waals surface area contributed by atoms with Crippen LogP contribution in [0.1, 0.15) is 52.4 Å². The van der Waals surface area contributed by atoms with Gasteiger partial charge in [0.25, 0.3) is 0 Å². The molecule has 0 unspecified atom stereocenters. The van der Waals surface area contributed by atoms with E-state index in [0.29, 0.717) is 0 Å². The van der Waals surface area contributed by atoms with Crippen LogP contribution in [-0.2, 0) is 4.74 Å². The smallest absolute Gasteiger partial charge is 0.0468 e. The van der Waals surface area contributed by atoms with Crippen LogP contribution in [-0.4, -0.2) is 37.7 Å². The standard InChI is InChI=1S/C16H31NO/c1-3-5-14(6-4-2)11-17-12-16(13-17)15-7-9-18-10-8-15/h14-16H,3-13H2,1-2H3. The zero-order valence-corrected chi connectivity index (χ0v) is 12.4. The molecule has 0 amide bonds. The number of rotatable bonds is 7. The van der Waals surface area contributed by atoms with E-state index in [9.17, 15) is 0 Å². The summed E-state index contributed by atoms with van der Waals surface area (Å²) in [6, 6.07) is 0. The third-order valence-electron chi connectivity index (χ3n) is 4.83. The predicted molar refractivity (Wildman–Crippen MR) is 76.8 cm³/mol. The molecule has 18 heavy (non-hydrogen) atoms. The zero-order valence-electron chi connectivity index (χ0n) is 12.4. The molecule has 2 fully saturated rings. The van der Waals surface area contributed by atoms with Crippen LogP contribution in [0.4, 0.5) is 0 Å². The molecule has 2 saturated heterocycles. The van der Waals surface area contributed by atoms with Crippen LogP contribution in [0.3, 0.4) is 0 Å².